The first-order chi connectivity index (χ1) is 19.8. The highest BCUT2D eigenvalue weighted by molar-refractivity contribution is 5.96. The lowest BCUT2D eigenvalue weighted by Crippen LogP contribution is -2.45. The Morgan fingerprint density at radius 3 is 2.37 bits per heavy atom. The Morgan fingerprint density at radius 1 is 0.878 bits per heavy atom. The minimum Gasteiger partial charge on any atom is -0.497 e. The van der Waals surface area contributed by atoms with E-state index >= 15 is 0 Å². The number of aromatic nitrogens is 2. The summed E-state index contributed by atoms with van der Waals surface area (Å²) in [6, 6.07) is 16.6. The molecule has 10 heteroatoms. The first kappa shape index (κ1) is 29.6. The van der Waals surface area contributed by atoms with Crippen LogP contribution in [0.4, 0.5) is 5.82 Å². The van der Waals surface area contributed by atoms with Crippen molar-refractivity contribution in [2.24, 2.45) is 5.92 Å². The van der Waals surface area contributed by atoms with Crippen LogP contribution in [0.2, 0.25) is 0 Å². The lowest BCUT2D eigenvalue weighted by atomic mass is 10.1. The molecule has 2 heterocycles. The third-order valence-corrected chi connectivity index (χ3v) is 7.02. The highest BCUT2D eigenvalue weighted by atomic mass is 16.5. The summed E-state index contributed by atoms with van der Waals surface area (Å²) in [6.07, 6.45) is 0.791. The first-order valence-electron chi connectivity index (χ1n) is 13.8. The van der Waals surface area contributed by atoms with Crippen LogP contribution < -0.4 is 19.1 Å². The number of anilines is 1. The van der Waals surface area contributed by atoms with Gasteiger partial charge in [0, 0.05) is 43.9 Å². The Balaban J connectivity index is 1.40. The summed E-state index contributed by atoms with van der Waals surface area (Å²) in [6.45, 7) is 7.15. The van der Waals surface area contributed by atoms with Gasteiger partial charge in [-0.2, -0.15) is 0 Å². The van der Waals surface area contributed by atoms with Crippen LogP contribution in [0.3, 0.4) is 0 Å². The topological polar surface area (TPSA) is 97.3 Å². The normalized spacial score (nSPS) is 13.5. The summed E-state index contributed by atoms with van der Waals surface area (Å²) < 4.78 is 16.0. The molecule has 2 amide bonds. The fourth-order valence-electron chi connectivity index (χ4n) is 4.90. The van der Waals surface area contributed by atoms with Gasteiger partial charge < -0.3 is 28.9 Å². The van der Waals surface area contributed by atoms with Crippen LogP contribution in [0.1, 0.15) is 30.6 Å². The summed E-state index contributed by atoms with van der Waals surface area (Å²) in [5.41, 5.74) is 2.12. The molecule has 0 saturated carbocycles. The smallest absolute Gasteiger partial charge is 0.254 e. The Hall–Kier alpha value is -4.34. The zero-order valence-electron chi connectivity index (χ0n) is 24.5. The van der Waals surface area contributed by atoms with Crippen molar-refractivity contribution >= 4 is 17.6 Å². The fourth-order valence-corrected chi connectivity index (χ4v) is 4.90. The second-order valence-corrected chi connectivity index (χ2v) is 10.4. The molecule has 1 fully saturated rings. The molecule has 0 unspecified atom stereocenters. The van der Waals surface area contributed by atoms with Gasteiger partial charge in [0.15, 0.2) is 17.3 Å². The third kappa shape index (κ3) is 7.45. The van der Waals surface area contributed by atoms with E-state index in [1.165, 1.54) is 0 Å². The van der Waals surface area contributed by atoms with Crippen LogP contribution in [0.15, 0.2) is 54.6 Å². The van der Waals surface area contributed by atoms with Crippen molar-refractivity contribution in [3.8, 4) is 28.5 Å². The lowest BCUT2D eigenvalue weighted by molar-refractivity contribution is -0.131. The minimum atomic E-state index is -0.174. The number of carbonyl (C=O) groups excluding carboxylic acids is 2. The second-order valence-electron chi connectivity index (χ2n) is 10.4. The van der Waals surface area contributed by atoms with E-state index in [2.05, 4.69) is 15.1 Å². The number of methoxy groups -OCH3 is 3. The van der Waals surface area contributed by atoms with Crippen LogP contribution in [-0.4, -0.2) is 92.4 Å². The Kier molecular flexibility index (Phi) is 10.00. The van der Waals surface area contributed by atoms with E-state index < -0.39 is 0 Å². The molecular formula is C31H39N5O5. The highest BCUT2D eigenvalue weighted by Gasteiger charge is 2.25. The number of hydrogen-bond acceptors (Lipinski definition) is 8. The molecule has 1 saturated heterocycles. The molecule has 3 aromatic rings. The van der Waals surface area contributed by atoms with Crippen LogP contribution >= 0.6 is 0 Å². The fraction of sp³-hybridized carbons (Fsp3) is 0.419. The molecule has 218 valence electrons. The van der Waals surface area contributed by atoms with Crippen LogP contribution in [-0.2, 0) is 4.79 Å². The lowest BCUT2D eigenvalue weighted by Gasteiger charge is -2.28. The van der Waals surface area contributed by atoms with Crippen LogP contribution in [0.5, 0.6) is 17.2 Å². The number of benzene rings is 2. The van der Waals surface area contributed by atoms with Gasteiger partial charge in [0.25, 0.3) is 5.91 Å². The molecule has 4 rings (SSSR count). The molecule has 0 bridgehead atoms. The van der Waals surface area contributed by atoms with E-state index in [-0.39, 0.29) is 24.3 Å². The van der Waals surface area contributed by atoms with Gasteiger partial charge in [0.05, 0.1) is 27.0 Å². The first-order valence-corrected chi connectivity index (χ1v) is 13.8. The molecule has 1 aromatic heterocycles. The van der Waals surface area contributed by atoms with Gasteiger partial charge in [-0.05, 0) is 60.9 Å². The molecule has 2 aromatic carbocycles. The monoisotopic (exact) mass is 561 g/mol. The number of nitrogens with zero attached hydrogens (tertiary/aromatic N) is 5. The van der Waals surface area contributed by atoms with E-state index in [1.54, 1.807) is 50.5 Å². The zero-order chi connectivity index (χ0) is 29.4. The number of amides is 2. The summed E-state index contributed by atoms with van der Waals surface area (Å²) in [5, 5.41) is 8.92. The van der Waals surface area contributed by atoms with Crippen molar-refractivity contribution in [1.29, 1.82) is 0 Å². The van der Waals surface area contributed by atoms with Gasteiger partial charge in [-0.15, -0.1) is 10.2 Å². The SMILES string of the molecule is COc1cccc(C(=O)N(CC(=O)N2CCCN(c3ccc(-c4ccc(OC)c(OC)c4)nn3)CC2)CC(C)C)c1. The van der Waals surface area contributed by atoms with Gasteiger partial charge in [-0.3, -0.25) is 9.59 Å². The molecule has 0 radical (unpaired) electrons. The van der Waals surface area contributed by atoms with Gasteiger partial charge in [-0.1, -0.05) is 19.9 Å². The van der Waals surface area contributed by atoms with E-state index in [0.717, 1.165) is 30.0 Å². The largest absolute Gasteiger partial charge is 0.497 e. The van der Waals surface area contributed by atoms with Gasteiger partial charge in [0.1, 0.15) is 12.3 Å². The molecule has 10 nitrogen and oxygen atoms in total. The van der Waals surface area contributed by atoms with Crippen molar-refractivity contribution in [1.82, 2.24) is 20.0 Å². The summed E-state index contributed by atoms with van der Waals surface area (Å²) in [7, 11) is 4.77. The molecule has 0 N–H and O–H groups in total. The summed E-state index contributed by atoms with van der Waals surface area (Å²) in [4.78, 5) is 32.3. The molecule has 0 spiro atoms. The average molecular weight is 562 g/mol. The van der Waals surface area contributed by atoms with Crippen molar-refractivity contribution in [2.75, 3.05) is 65.5 Å². The van der Waals surface area contributed by atoms with Gasteiger partial charge in [0.2, 0.25) is 5.91 Å². The van der Waals surface area contributed by atoms with E-state index in [0.29, 0.717) is 49.0 Å². The quantitative estimate of drug-likeness (QED) is 0.366. The maximum Gasteiger partial charge on any atom is 0.254 e. The van der Waals surface area contributed by atoms with Crippen molar-refractivity contribution < 1.29 is 23.8 Å². The Labute approximate surface area is 241 Å². The predicted octanol–water partition coefficient (Wildman–Crippen LogP) is 4.01. The average Bonchev–Trinajstić information content (AvgIpc) is 3.26. The maximum absolute atomic E-state index is 13.4. The molecule has 0 aliphatic carbocycles. The van der Waals surface area contributed by atoms with Crippen molar-refractivity contribution in [3.05, 3.63) is 60.2 Å². The van der Waals surface area contributed by atoms with Crippen molar-refractivity contribution in [2.45, 2.75) is 20.3 Å². The van der Waals surface area contributed by atoms with Gasteiger partial charge in [-0.25, -0.2) is 0 Å². The molecule has 1 aliphatic heterocycles. The summed E-state index contributed by atoms with van der Waals surface area (Å²) in [5.74, 6) is 2.65. The molecular weight excluding hydrogens is 522 g/mol. The zero-order valence-corrected chi connectivity index (χ0v) is 24.5. The Morgan fingerprint density at radius 2 is 1.68 bits per heavy atom. The molecule has 0 atom stereocenters. The Bertz CT molecular complexity index is 1330. The number of rotatable bonds is 10. The minimum absolute atomic E-state index is 0.0358. The number of ether oxygens (including phenoxy) is 3. The highest BCUT2D eigenvalue weighted by Crippen LogP contribution is 2.31. The summed E-state index contributed by atoms with van der Waals surface area (Å²) >= 11 is 0. The standard InChI is InChI=1S/C31H39N5O5/c1-22(2)20-36(31(38)24-8-6-9-25(18-24)39-3)21-30(37)35-15-7-14-34(16-17-35)29-13-11-26(32-33-29)23-10-12-27(40-4)28(19-23)41-5/h6,8-13,18-19,22H,7,14-17,20-21H2,1-5H3. The van der Waals surface area contributed by atoms with E-state index in [1.807, 2.05) is 49.1 Å². The van der Waals surface area contributed by atoms with E-state index in [9.17, 15) is 9.59 Å². The van der Waals surface area contributed by atoms with Gasteiger partial charge >= 0.3 is 0 Å². The van der Waals surface area contributed by atoms with Crippen molar-refractivity contribution in [3.63, 3.8) is 0 Å². The van der Waals surface area contributed by atoms with Crippen LogP contribution in [0, 0.1) is 5.92 Å². The molecule has 41 heavy (non-hydrogen) atoms. The third-order valence-electron chi connectivity index (χ3n) is 7.02. The van der Waals surface area contributed by atoms with Crippen LogP contribution in [0.25, 0.3) is 11.3 Å². The predicted molar refractivity (Wildman–Crippen MR) is 158 cm³/mol. The number of carbonyl (C=O) groups is 2. The second kappa shape index (κ2) is 13.8. The molecule has 1 aliphatic rings. The van der Waals surface area contributed by atoms with E-state index in [4.69, 9.17) is 14.2 Å². The maximum atomic E-state index is 13.4. The number of hydrogen-bond donors (Lipinski definition) is 0.